The Balaban J connectivity index is 2.53. The van der Waals surface area contributed by atoms with Crippen molar-refractivity contribution in [1.29, 1.82) is 0 Å². The van der Waals surface area contributed by atoms with Crippen LogP contribution in [0.4, 0.5) is 5.69 Å². The van der Waals surface area contributed by atoms with Crippen molar-refractivity contribution in [2.24, 2.45) is 10.4 Å². The highest BCUT2D eigenvalue weighted by Crippen LogP contribution is 2.39. The first kappa shape index (κ1) is 13.3. The van der Waals surface area contributed by atoms with E-state index in [1.165, 1.54) is 28.1 Å². The van der Waals surface area contributed by atoms with Gasteiger partial charge in [-0.15, -0.1) is 0 Å². The van der Waals surface area contributed by atoms with Crippen molar-refractivity contribution in [2.75, 3.05) is 0 Å². The molecule has 1 heteroatoms. The van der Waals surface area contributed by atoms with Gasteiger partial charge in [0.15, 0.2) is 0 Å². The monoisotopic (exact) mass is 243 g/mol. The lowest BCUT2D eigenvalue weighted by Gasteiger charge is -2.22. The molecule has 0 aliphatic carbocycles. The number of rotatable bonds is 0. The predicted octanol–water partition coefficient (Wildman–Crippen LogP) is 4.97. The molecule has 0 radical (unpaired) electrons. The van der Waals surface area contributed by atoms with E-state index in [9.17, 15) is 0 Å². The van der Waals surface area contributed by atoms with E-state index in [2.05, 4.69) is 60.6 Å². The molecular formula is C17H25N. The maximum Gasteiger partial charge on any atom is 0.0697 e. The second-order valence-electron chi connectivity index (χ2n) is 7.48. The Labute approximate surface area is 111 Å². The van der Waals surface area contributed by atoms with Crippen molar-refractivity contribution in [1.82, 2.24) is 0 Å². The van der Waals surface area contributed by atoms with Gasteiger partial charge in [0.1, 0.15) is 0 Å². The van der Waals surface area contributed by atoms with E-state index in [0.29, 0.717) is 0 Å². The molecule has 1 aromatic carbocycles. The predicted molar refractivity (Wildman–Crippen MR) is 80.1 cm³/mol. The molecule has 0 N–H and O–H groups in total. The lowest BCUT2D eigenvalue weighted by molar-refractivity contribution is 0.584. The second kappa shape index (κ2) is 3.94. The minimum absolute atomic E-state index is 0.174. The fourth-order valence-electron chi connectivity index (χ4n) is 2.65. The van der Waals surface area contributed by atoms with Gasteiger partial charge < -0.3 is 0 Å². The van der Waals surface area contributed by atoms with Crippen molar-refractivity contribution >= 4 is 11.4 Å². The minimum Gasteiger partial charge on any atom is -0.256 e. The first-order chi connectivity index (χ1) is 8.10. The Bertz CT molecular complexity index is 508. The topological polar surface area (TPSA) is 12.4 Å². The molecule has 1 nitrogen and oxygen atoms in total. The van der Waals surface area contributed by atoms with Crippen LogP contribution in [-0.4, -0.2) is 5.71 Å². The minimum atomic E-state index is 0.174. The molecule has 1 aromatic rings. The number of aliphatic imine (C=N–C) groups is 1. The van der Waals surface area contributed by atoms with Crippen LogP contribution in [0.1, 0.15) is 58.2 Å². The molecule has 0 saturated heterocycles. The molecule has 0 saturated carbocycles. The molecule has 0 spiro atoms. The van der Waals surface area contributed by atoms with Gasteiger partial charge in [-0.1, -0.05) is 53.7 Å². The van der Waals surface area contributed by atoms with Gasteiger partial charge in [-0.3, -0.25) is 4.99 Å². The molecule has 0 amide bonds. The van der Waals surface area contributed by atoms with Crippen molar-refractivity contribution in [3.63, 3.8) is 0 Å². The fourth-order valence-corrected chi connectivity index (χ4v) is 2.65. The molecule has 0 fully saturated rings. The summed E-state index contributed by atoms with van der Waals surface area (Å²) in [7, 11) is 0. The van der Waals surface area contributed by atoms with Crippen LogP contribution >= 0.6 is 0 Å². The quantitative estimate of drug-likeness (QED) is 0.610. The lowest BCUT2D eigenvalue weighted by atomic mass is 9.82. The number of benzene rings is 1. The summed E-state index contributed by atoms with van der Waals surface area (Å²) in [5, 5.41) is 0. The van der Waals surface area contributed by atoms with Crippen LogP contribution in [0.3, 0.4) is 0 Å². The molecular weight excluding hydrogens is 218 g/mol. The van der Waals surface area contributed by atoms with Gasteiger partial charge in [-0.05, 0) is 29.0 Å². The summed E-state index contributed by atoms with van der Waals surface area (Å²) < 4.78 is 0. The standard InChI is InChI=1S/C17H25N/c1-11-13(16(2,3)4)9-8-12-10-14(17(5,6)7)18-15(11)12/h8-9H,10H2,1-7H3. The average molecular weight is 243 g/mol. The summed E-state index contributed by atoms with van der Waals surface area (Å²) in [5.74, 6) is 0. The van der Waals surface area contributed by atoms with E-state index in [1.54, 1.807) is 0 Å². The third-order valence-electron chi connectivity index (χ3n) is 3.79. The van der Waals surface area contributed by atoms with Gasteiger partial charge in [0.25, 0.3) is 0 Å². The normalized spacial score (nSPS) is 15.6. The fraction of sp³-hybridized carbons (Fsp3) is 0.588. The SMILES string of the molecule is Cc1c(C(C)(C)C)ccc2c1N=C(C(C)(C)C)C2. The Morgan fingerprint density at radius 3 is 2.06 bits per heavy atom. The van der Waals surface area contributed by atoms with E-state index in [-0.39, 0.29) is 10.8 Å². The van der Waals surface area contributed by atoms with Gasteiger partial charge >= 0.3 is 0 Å². The number of hydrogen-bond acceptors (Lipinski definition) is 1. The highest BCUT2D eigenvalue weighted by Gasteiger charge is 2.28. The maximum absolute atomic E-state index is 4.91. The molecule has 18 heavy (non-hydrogen) atoms. The molecule has 0 unspecified atom stereocenters. The van der Waals surface area contributed by atoms with Crippen molar-refractivity contribution < 1.29 is 0 Å². The molecule has 0 bridgehead atoms. The molecule has 98 valence electrons. The summed E-state index contributed by atoms with van der Waals surface area (Å²) in [5.41, 5.74) is 7.08. The highest BCUT2D eigenvalue weighted by molar-refractivity contribution is 5.98. The highest BCUT2D eigenvalue weighted by atomic mass is 14.8. The van der Waals surface area contributed by atoms with Crippen molar-refractivity contribution in [3.05, 3.63) is 28.8 Å². The third-order valence-corrected chi connectivity index (χ3v) is 3.79. The summed E-state index contributed by atoms with van der Waals surface area (Å²) in [6.07, 6.45) is 1.02. The zero-order chi connectivity index (χ0) is 13.7. The van der Waals surface area contributed by atoms with E-state index in [4.69, 9.17) is 4.99 Å². The molecule has 2 rings (SSSR count). The van der Waals surface area contributed by atoms with Crippen LogP contribution < -0.4 is 0 Å². The van der Waals surface area contributed by atoms with E-state index in [1.807, 2.05) is 0 Å². The molecule has 0 atom stereocenters. The first-order valence-corrected chi connectivity index (χ1v) is 6.82. The summed E-state index contributed by atoms with van der Waals surface area (Å²) in [6, 6.07) is 4.56. The van der Waals surface area contributed by atoms with Crippen LogP contribution in [0.15, 0.2) is 17.1 Å². The summed E-state index contributed by atoms with van der Waals surface area (Å²) in [6.45, 7) is 15.8. The largest absolute Gasteiger partial charge is 0.256 e. The van der Waals surface area contributed by atoms with Crippen molar-refractivity contribution in [2.45, 2.75) is 60.3 Å². The van der Waals surface area contributed by atoms with Gasteiger partial charge in [0.05, 0.1) is 5.69 Å². The van der Waals surface area contributed by atoms with Crippen LogP contribution in [0.25, 0.3) is 0 Å². The number of fused-ring (bicyclic) bond motifs is 1. The average Bonchev–Trinajstić information content (AvgIpc) is 2.59. The Morgan fingerprint density at radius 2 is 1.56 bits per heavy atom. The zero-order valence-electron chi connectivity index (χ0n) is 12.8. The summed E-state index contributed by atoms with van der Waals surface area (Å²) in [4.78, 5) is 4.91. The molecule has 1 aliphatic rings. The van der Waals surface area contributed by atoms with Gasteiger partial charge in [0.2, 0.25) is 0 Å². The molecule has 1 aliphatic heterocycles. The van der Waals surface area contributed by atoms with Crippen molar-refractivity contribution in [3.8, 4) is 0 Å². The number of hydrogen-bond donors (Lipinski definition) is 0. The first-order valence-electron chi connectivity index (χ1n) is 6.82. The zero-order valence-corrected chi connectivity index (χ0v) is 12.8. The van der Waals surface area contributed by atoms with E-state index >= 15 is 0 Å². The van der Waals surface area contributed by atoms with Gasteiger partial charge in [0, 0.05) is 17.5 Å². The third kappa shape index (κ3) is 2.23. The smallest absolute Gasteiger partial charge is 0.0697 e. The van der Waals surface area contributed by atoms with Crippen LogP contribution in [0.5, 0.6) is 0 Å². The Morgan fingerprint density at radius 1 is 0.944 bits per heavy atom. The van der Waals surface area contributed by atoms with Gasteiger partial charge in [-0.25, -0.2) is 0 Å². The molecule has 1 heterocycles. The van der Waals surface area contributed by atoms with Crippen LogP contribution in [-0.2, 0) is 11.8 Å². The lowest BCUT2D eigenvalue weighted by Crippen LogP contribution is -2.19. The summed E-state index contributed by atoms with van der Waals surface area (Å²) >= 11 is 0. The second-order valence-corrected chi connectivity index (χ2v) is 7.48. The van der Waals surface area contributed by atoms with E-state index in [0.717, 1.165) is 6.42 Å². The Hall–Kier alpha value is -1.11. The van der Waals surface area contributed by atoms with Crippen LogP contribution in [0, 0.1) is 12.3 Å². The maximum atomic E-state index is 4.91. The Kier molecular flexibility index (Phi) is 2.92. The van der Waals surface area contributed by atoms with Crippen LogP contribution in [0.2, 0.25) is 0 Å². The van der Waals surface area contributed by atoms with E-state index < -0.39 is 0 Å². The molecule has 0 aromatic heterocycles. The number of nitrogens with zero attached hydrogens (tertiary/aromatic N) is 1. The van der Waals surface area contributed by atoms with Gasteiger partial charge in [-0.2, -0.15) is 0 Å².